The predicted octanol–water partition coefficient (Wildman–Crippen LogP) is 8.71. The summed E-state index contributed by atoms with van der Waals surface area (Å²) in [6, 6.07) is 26.3. The molecule has 5 heteroatoms. The van der Waals surface area contributed by atoms with Gasteiger partial charge in [-0.2, -0.15) is 0 Å². The summed E-state index contributed by atoms with van der Waals surface area (Å²) in [6.45, 7) is 16.9. The van der Waals surface area contributed by atoms with Crippen molar-refractivity contribution in [2.24, 2.45) is 0 Å². The quantitative estimate of drug-likeness (QED) is 0.209. The summed E-state index contributed by atoms with van der Waals surface area (Å²) in [5, 5.41) is 0. The van der Waals surface area contributed by atoms with E-state index >= 15 is 0 Å². The molecule has 5 aromatic rings. The Labute approximate surface area is 248 Å². The zero-order chi connectivity index (χ0) is 29.2. The molecule has 2 aliphatic rings. The number of benzene rings is 3. The van der Waals surface area contributed by atoms with Crippen molar-refractivity contribution in [1.82, 2.24) is 4.40 Å². The molecule has 214 valence electrons. The second kappa shape index (κ2) is 9.87. The molecule has 4 heterocycles. The van der Waals surface area contributed by atoms with E-state index in [4.69, 9.17) is 9.47 Å². The van der Waals surface area contributed by atoms with Gasteiger partial charge < -0.3 is 23.7 Å². The highest BCUT2D eigenvalue weighted by molar-refractivity contribution is 5.88. The first kappa shape index (κ1) is 26.5. The highest BCUT2D eigenvalue weighted by atomic mass is 16.5. The summed E-state index contributed by atoms with van der Waals surface area (Å²) < 4.78 is 16.6. The number of aromatic nitrogens is 1. The first-order valence-corrected chi connectivity index (χ1v) is 15.3. The molecule has 1 atom stereocenters. The number of aryl methyl sites for hydroxylation is 2. The van der Waals surface area contributed by atoms with Crippen molar-refractivity contribution in [2.45, 2.75) is 47.1 Å². The molecular formula is C37H39N3O2. The predicted molar refractivity (Wildman–Crippen MR) is 173 cm³/mol. The Morgan fingerprint density at radius 3 is 2.12 bits per heavy atom. The van der Waals surface area contributed by atoms with Crippen LogP contribution in [0.1, 0.15) is 55.6 Å². The summed E-state index contributed by atoms with van der Waals surface area (Å²) in [5.74, 6) is 2.57. The molecule has 2 aliphatic heterocycles. The summed E-state index contributed by atoms with van der Waals surface area (Å²) in [6.07, 6.45) is 2.18. The molecule has 3 aromatic carbocycles. The molecule has 0 bridgehead atoms. The van der Waals surface area contributed by atoms with Gasteiger partial charge in [0.2, 0.25) is 5.60 Å². The van der Waals surface area contributed by atoms with Crippen molar-refractivity contribution in [1.29, 1.82) is 0 Å². The van der Waals surface area contributed by atoms with E-state index in [0.29, 0.717) is 0 Å². The van der Waals surface area contributed by atoms with E-state index in [9.17, 15) is 0 Å². The van der Waals surface area contributed by atoms with Gasteiger partial charge in [-0.3, -0.25) is 0 Å². The van der Waals surface area contributed by atoms with Gasteiger partial charge in [0.05, 0.1) is 11.3 Å². The van der Waals surface area contributed by atoms with Gasteiger partial charge in [-0.1, -0.05) is 17.7 Å². The van der Waals surface area contributed by atoms with Crippen LogP contribution in [0.2, 0.25) is 0 Å². The number of anilines is 2. The Hall–Kier alpha value is -4.38. The minimum absolute atomic E-state index is 0.833. The van der Waals surface area contributed by atoms with Crippen molar-refractivity contribution in [3.05, 3.63) is 107 Å². The molecule has 0 saturated heterocycles. The molecule has 0 fully saturated rings. The van der Waals surface area contributed by atoms with E-state index in [2.05, 4.69) is 135 Å². The molecular weight excluding hydrogens is 518 g/mol. The topological polar surface area (TPSA) is 29.4 Å². The van der Waals surface area contributed by atoms with Crippen LogP contribution in [0.3, 0.4) is 0 Å². The second-order valence-corrected chi connectivity index (χ2v) is 11.4. The third kappa shape index (κ3) is 3.62. The average Bonchev–Trinajstić information content (AvgIpc) is 3.32. The third-order valence-electron chi connectivity index (χ3n) is 9.26. The SMILES string of the molecule is CCN(CC)c1ccc2c(c1)Oc1ccc(N(CC)CC)cc1C21Oc2ccc(C)cc2-c2c(C)c3ccccn3c21. The lowest BCUT2D eigenvalue weighted by atomic mass is 9.75. The number of fused-ring (bicyclic) bond motifs is 10. The number of hydrogen-bond donors (Lipinski definition) is 0. The molecule has 1 unspecified atom stereocenters. The number of rotatable bonds is 6. The van der Waals surface area contributed by atoms with Gasteiger partial charge in [0.25, 0.3) is 0 Å². The van der Waals surface area contributed by atoms with E-state index in [0.717, 1.165) is 71.5 Å². The van der Waals surface area contributed by atoms with Crippen molar-refractivity contribution < 1.29 is 9.47 Å². The van der Waals surface area contributed by atoms with Crippen LogP contribution in [0.5, 0.6) is 17.2 Å². The van der Waals surface area contributed by atoms with Crippen molar-refractivity contribution >= 4 is 16.9 Å². The molecule has 0 aliphatic carbocycles. The Kier molecular flexibility index (Phi) is 6.23. The first-order chi connectivity index (χ1) is 20.4. The van der Waals surface area contributed by atoms with Gasteiger partial charge in [0.15, 0.2) is 0 Å². The maximum atomic E-state index is 7.44. The molecule has 42 heavy (non-hydrogen) atoms. The Morgan fingerprint density at radius 2 is 1.38 bits per heavy atom. The Bertz CT molecular complexity index is 1830. The standard InChI is InChI=1S/C37H39N3O2/c1-7-38(8-2)26-16-19-33-30(22-26)37(29-17-15-27(23-34(29)41-33)39(9-3)10-4)36-35(25(6)31-13-11-12-20-40(31)36)28-21-24(5)14-18-32(28)42-37/h11-23H,7-10H2,1-6H3. The zero-order valence-electron chi connectivity index (χ0n) is 25.5. The summed E-state index contributed by atoms with van der Waals surface area (Å²) in [4.78, 5) is 4.74. The van der Waals surface area contributed by atoms with Gasteiger partial charge >= 0.3 is 0 Å². The van der Waals surface area contributed by atoms with Crippen molar-refractivity contribution in [3.63, 3.8) is 0 Å². The largest absolute Gasteiger partial charge is 0.470 e. The van der Waals surface area contributed by atoms with E-state index in [1.165, 1.54) is 27.9 Å². The normalized spacial score (nSPS) is 16.2. The molecule has 2 aromatic heterocycles. The average molecular weight is 558 g/mol. The highest BCUT2D eigenvalue weighted by Crippen LogP contribution is 2.60. The Balaban J connectivity index is 1.62. The maximum Gasteiger partial charge on any atom is 0.207 e. The number of nitrogens with zero attached hydrogens (tertiary/aromatic N) is 3. The molecule has 0 N–H and O–H groups in total. The summed E-state index contributed by atoms with van der Waals surface area (Å²) in [5.41, 5.74) is 10.7. The maximum absolute atomic E-state index is 7.44. The zero-order valence-corrected chi connectivity index (χ0v) is 25.5. The number of hydrogen-bond acceptors (Lipinski definition) is 4. The van der Waals surface area contributed by atoms with Crippen LogP contribution in [0.15, 0.2) is 79.0 Å². The minimum Gasteiger partial charge on any atom is -0.470 e. The molecule has 1 spiro atoms. The van der Waals surface area contributed by atoms with Crippen LogP contribution < -0.4 is 19.3 Å². The minimum atomic E-state index is -0.913. The van der Waals surface area contributed by atoms with Gasteiger partial charge in [0, 0.05) is 72.0 Å². The smallest absolute Gasteiger partial charge is 0.207 e. The van der Waals surface area contributed by atoms with Crippen LogP contribution in [-0.4, -0.2) is 30.6 Å². The molecule has 0 saturated carbocycles. The van der Waals surface area contributed by atoms with Gasteiger partial charge in [0.1, 0.15) is 17.2 Å². The van der Waals surface area contributed by atoms with Crippen LogP contribution in [0.25, 0.3) is 16.6 Å². The fourth-order valence-corrected chi connectivity index (χ4v) is 7.15. The van der Waals surface area contributed by atoms with Crippen LogP contribution >= 0.6 is 0 Å². The van der Waals surface area contributed by atoms with Gasteiger partial charge in [-0.25, -0.2) is 0 Å². The molecule has 5 nitrogen and oxygen atoms in total. The van der Waals surface area contributed by atoms with E-state index in [1.54, 1.807) is 0 Å². The number of pyridine rings is 1. The molecule has 0 radical (unpaired) electrons. The van der Waals surface area contributed by atoms with E-state index in [-0.39, 0.29) is 0 Å². The van der Waals surface area contributed by atoms with Gasteiger partial charge in [-0.05, 0) is 102 Å². The lowest BCUT2D eigenvalue weighted by Crippen LogP contribution is -2.42. The Morgan fingerprint density at radius 1 is 0.690 bits per heavy atom. The first-order valence-electron chi connectivity index (χ1n) is 15.3. The van der Waals surface area contributed by atoms with E-state index < -0.39 is 5.60 Å². The second-order valence-electron chi connectivity index (χ2n) is 11.4. The fraction of sp³-hybridized carbons (Fsp3) is 0.297. The van der Waals surface area contributed by atoms with E-state index in [1.807, 2.05) is 0 Å². The molecule has 7 rings (SSSR count). The third-order valence-corrected chi connectivity index (χ3v) is 9.26. The molecule has 0 amide bonds. The van der Waals surface area contributed by atoms with Crippen LogP contribution in [0, 0.1) is 13.8 Å². The summed E-state index contributed by atoms with van der Waals surface area (Å²) in [7, 11) is 0. The van der Waals surface area contributed by atoms with Crippen molar-refractivity contribution in [3.8, 4) is 28.4 Å². The van der Waals surface area contributed by atoms with Crippen molar-refractivity contribution in [2.75, 3.05) is 36.0 Å². The van der Waals surface area contributed by atoms with Crippen LogP contribution in [-0.2, 0) is 5.60 Å². The lowest BCUT2D eigenvalue weighted by Gasteiger charge is -2.44. The fourth-order valence-electron chi connectivity index (χ4n) is 7.15. The highest BCUT2D eigenvalue weighted by Gasteiger charge is 2.53. The summed E-state index contributed by atoms with van der Waals surface area (Å²) >= 11 is 0. The monoisotopic (exact) mass is 557 g/mol. The number of ether oxygens (including phenoxy) is 2. The lowest BCUT2D eigenvalue weighted by molar-refractivity contribution is 0.132. The van der Waals surface area contributed by atoms with Gasteiger partial charge in [-0.15, -0.1) is 0 Å². The van der Waals surface area contributed by atoms with Crippen LogP contribution in [0.4, 0.5) is 11.4 Å².